The van der Waals surface area contributed by atoms with Crippen LogP contribution < -0.4 is 0 Å². The maximum atomic E-state index is 4.33. The van der Waals surface area contributed by atoms with E-state index in [1.807, 2.05) is 0 Å². The molecule has 17 heavy (non-hydrogen) atoms. The van der Waals surface area contributed by atoms with Gasteiger partial charge in [-0.2, -0.15) is 0 Å². The summed E-state index contributed by atoms with van der Waals surface area (Å²) in [5, 5.41) is 0. The second-order valence-electron chi connectivity index (χ2n) is 5.53. The first-order chi connectivity index (χ1) is 8.27. The Labute approximate surface area is 104 Å². The Balaban J connectivity index is 1.94. The number of hydrogen-bond acceptors (Lipinski definition) is 1. The molecule has 1 aromatic carbocycles. The molecule has 3 atom stereocenters. The van der Waals surface area contributed by atoms with Crippen molar-refractivity contribution < 1.29 is 0 Å². The third kappa shape index (κ3) is 1.83. The summed E-state index contributed by atoms with van der Waals surface area (Å²) >= 11 is 0. The summed E-state index contributed by atoms with van der Waals surface area (Å²) in [5.74, 6) is 0.565. The zero-order valence-corrected chi connectivity index (χ0v) is 10.6. The number of hydrogen-bond donors (Lipinski definition) is 0. The van der Waals surface area contributed by atoms with E-state index in [2.05, 4.69) is 48.7 Å². The van der Waals surface area contributed by atoms with Crippen LogP contribution in [-0.2, 0) is 0 Å². The summed E-state index contributed by atoms with van der Waals surface area (Å²) in [5.41, 5.74) is 2.90. The van der Waals surface area contributed by atoms with Crippen molar-refractivity contribution in [3.63, 3.8) is 0 Å². The van der Waals surface area contributed by atoms with Crippen LogP contribution in [0, 0.1) is 0 Å². The molecular formula is C16H21N. The van der Waals surface area contributed by atoms with E-state index in [1.54, 1.807) is 0 Å². The van der Waals surface area contributed by atoms with E-state index in [0.29, 0.717) is 12.0 Å². The van der Waals surface area contributed by atoms with Crippen molar-refractivity contribution in [1.29, 1.82) is 0 Å². The molecule has 0 N–H and O–H groups in total. The fourth-order valence-electron chi connectivity index (χ4n) is 3.63. The standard InChI is InChI=1S/C16H21N/c1-12-10-11-17-13(2)8-9-15(17)16(12)14-6-4-3-5-7-14/h3-7,13,15-16H,1,8-11H2,2H3/t13-,15+,16?/m0/s1. The smallest absolute Gasteiger partial charge is 0.0205 e. The van der Waals surface area contributed by atoms with Gasteiger partial charge in [-0.1, -0.05) is 42.5 Å². The van der Waals surface area contributed by atoms with Gasteiger partial charge in [-0.25, -0.2) is 0 Å². The Morgan fingerprint density at radius 1 is 1.18 bits per heavy atom. The molecule has 2 aliphatic rings. The van der Waals surface area contributed by atoms with Crippen LogP contribution in [0.15, 0.2) is 42.5 Å². The third-order valence-corrected chi connectivity index (χ3v) is 4.55. The van der Waals surface area contributed by atoms with Crippen molar-refractivity contribution in [2.45, 2.75) is 44.2 Å². The normalized spacial score (nSPS) is 33.7. The summed E-state index contributed by atoms with van der Waals surface area (Å²) in [6, 6.07) is 12.4. The van der Waals surface area contributed by atoms with Crippen molar-refractivity contribution in [3.8, 4) is 0 Å². The van der Waals surface area contributed by atoms with E-state index in [9.17, 15) is 0 Å². The van der Waals surface area contributed by atoms with Crippen LogP contribution in [-0.4, -0.2) is 23.5 Å². The van der Waals surface area contributed by atoms with Gasteiger partial charge >= 0.3 is 0 Å². The van der Waals surface area contributed by atoms with Crippen LogP contribution in [0.25, 0.3) is 0 Å². The monoisotopic (exact) mass is 227 g/mol. The molecule has 2 fully saturated rings. The van der Waals surface area contributed by atoms with Gasteiger partial charge in [-0.05, 0) is 31.7 Å². The minimum atomic E-state index is 0.565. The summed E-state index contributed by atoms with van der Waals surface area (Å²) in [6.45, 7) is 7.92. The third-order valence-electron chi connectivity index (χ3n) is 4.55. The summed E-state index contributed by atoms with van der Waals surface area (Å²) < 4.78 is 0. The van der Waals surface area contributed by atoms with Crippen LogP contribution in [0.4, 0.5) is 0 Å². The molecule has 0 aliphatic carbocycles. The van der Waals surface area contributed by atoms with Gasteiger partial charge < -0.3 is 0 Å². The van der Waals surface area contributed by atoms with Gasteiger partial charge in [0.1, 0.15) is 0 Å². The zero-order chi connectivity index (χ0) is 11.8. The van der Waals surface area contributed by atoms with Crippen LogP contribution >= 0.6 is 0 Å². The van der Waals surface area contributed by atoms with E-state index >= 15 is 0 Å². The quantitative estimate of drug-likeness (QED) is 0.663. The number of fused-ring (bicyclic) bond motifs is 1. The Morgan fingerprint density at radius 2 is 1.94 bits per heavy atom. The fourth-order valence-corrected chi connectivity index (χ4v) is 3.63. The molecule has 2 aliphatic heterocycles. The number of benzene rings is 1. The van der Waals surface area contributed by atoms with Crippen molar-refractivity contribution in [2.24, 2.45) is 0 Å². The molecule has 1 heteroatoms. The van der Waals surface area contributed by atoms with Gasteiger partial charge in [0, 0.05) is 24.5 Å². The topological polar surface area (TPSA) is 3.24 Å². The molecule has 3 rings (SSSR count). The Kier molecular flexibility index (Phi) is 2.79. The summed E-state index contributed by atoms with van der Waals surface area (Å²) in [6.07, 6.45) is 3.85. The molecule has 0 amide bonds. The van der Waals surface area contributed by atoms with Crippen LogP contribution in [0.1, 0.15) is 37.7 Å². The molecule has 0 bridgehead atoms. The highest BCUT2D eigenvalue weighted by molar-refractivity contribution is 5.32. The number of piperidine rings is 1. The highest BCUT2D eigenvalue weighted by Crippen LogP contribution is 2.42. The minimum Gasteiger partial charge on any atom is -0.296 e. The minimum absolute atomic E-state index is 0.565. The van der Waals surface area contributed by atoms with E-state index in [4.69, 9.17) is 0 Å². The molecule has 0 spiro atoms. The Bertz CT molecular complexity index is 409. The van der Waals surface area contributed by atoms with Gasteiger partial charge in [0.05, 0.1) is 0 Å². The van der Waals surface area contributed by atoms with Crippen LogP contribution in [0.3, 0.4) is 0 Å². The highest BCUT2D eigenvalue weighted by Gasteiger charge is 2.40. The predicted molar refractivity (Wildman–Crippen MR) is 72.1 cm³/mol. The maximum absolute atomic E-state index is 4.33. The average molecular weight is 227 g/mol. The van der Waals surface area contributed by atoms with Crippen molar-refractivity contribution in [1.82, 2.24) is 4.90 Å². The first kappa shape index (κ1) is 11.0. The van der Waals surface area contributed by atoms with Gasteiger partial charge in [-0.3, -0.25) is 4.90 Å². The maximum Gasteiger partial charge on any atom is 0.0205 e. The molecule has 90 valence electrons. The zero-order valence-electron chi connectivity index (χ0n) is 10.6. The largest absolute Gasteiger partial charge is 0.296 e. The average Bonchev–Trinajstić information content (AvgIpc) is 2.72. The SMILES string of the molecule is C=C1CCN2[C@H](CC[C@@H]2C)C1c1ccccc1. The Morgan fingerprint density at radius 3 is 2.71 bits per heavy atom. The second-order valence-corrected chi connectivity index (χ2v) is 5.53. The van der Waals surface area contributed by atoms with E-state index in [0.717, 1.165) is 6.04 Å². The molecule has 0 aromatic heterocycles. The first-order valence-corrected chi connectivity index (χ1v) is 6.75. The molecule has 2 heterocycles. The lowest BCUT2D eigenvalue weighted by Gasteiger charge is -2.40. The Hall–Kier alpha value is -1.08. The van der Waals surface area contributed by atoms with Gasteiger partial charge in [0.2, 0.25) is 0 Å². The molecular weight excluding hydrogens is 206 g/mol. The molecule has 1 unspecified atom stereocenters. The molecule has 1 aromatic rings. The van der Waals surface area contributed by atoms with Crippen molar-refractivity contribution in [2.75, 3.05) is 6.54 Å². The molecule has 0 saturated carbocycles. The van der Waals surface area contributed by atoms with E-state index in [-0.39, 0.29) is 0 Å². The second kappa shape index (κ2) is 4.30. The fraction of sp³-hybridized carbons (Fsp3) is 0.500. The molecule has 0 radical (unpaired) electrons. The van der Waals surface area contributed by atoms with Crippen molar-refractivity contribution >= 4 is 0 Å². The van der Waals surface area contributed by atoms with Gasteiger partial charge in [0.25, 0.3) is 0 Å². The number of nitrogens with zero attached hydrogens (tertiary/aromatic N) is 1. The lowest BCUT2D eigenvalue weighted by Crippen LogP contribution is -2.43. The highest BCUT2D eigenvalue weighted by atomic mass is 15.2. The summed E-state index contributed by atoms with van der Waals surface area (Å²) in [7, 11) is 0. The molecule has 2 saturated heterocycles. The van der Waals surface area contributed by atoms with Crippen LogP contribution in [0.2, 0.25) is 0 Å². The number of rotatable bonds is 1. The lowest BCUT2D eigenvalue weighted by atomic mass is 9.80. The first-order valence-electron chi connectivity index (χ1n) is 6.75. The van der Waals surface area contributed by atoms with Gasteiger partial charge in [0.15, 0.2) is 0 Å². The predicted octanol–water partition coefficient (Wildman–Crippen LogP) is 3.58. The summed E-state index contributed by atoms with van der Waals surface area (Å²) in [4.78, 5) is 2.70. The van der Waals surface area contributed by atoms with Gasteiger partial charge in [-0.15, -0.1) is 0 Å². The van der Waals surface area contributed by atoms with E-state index in [1.165, 1.54) is 36.9 Å². The van der Waals surface area contributed by atoms with Crippen LogP contribution in [0.5, 0.6) is 0 Å². The lowest BCUT2D eigenvalue weighted by molar-refractivity contribution is 0.166. The van der Waals surface area contributed by atoms with Crippen molar-refractivity contribution in [3.05, 3.63) is 48.0 Å². The molecule has 1 nitrogen and oxygen atoms in total. The van der Waals surface area contributed by atoms with E-state index < -0.39 is 0 Å².